The van der Waals surface area contributed by atoms with E-state index in [-0.39, 0.29) is 5.75 Å². The van der Waals surface area contributed by atoms with Gasteiger partial charge in [0.1, 0.15) is 11.4 Å². The third-order valence-electron chi connectivity index (χ3n) is 8.50. The van der Waals surface area contributed by atoms with Gasteiger partial charge in [0.15, 0.2) is 0 Å². The summed E-state index contributed by atoms with van der Waals surface area (Å²) in [6, 6.07) is 43.7. The fraction of sp³-hybridized carbons (Fsp3) is 0. The van der Waals surface area contributed by atoms with Crippen molar-refractivity contribution in [3.05, 3.63) is 134 Å². The Morgan fingerprint density at radius 1 is 0.548 bits per heavy atom. The summed E-state index contributed by atoms with van der Waals surface area (Å²) in [4.78, 5) is 10.2. The molecule has 0 amide bonds. The number of aromatic hydroxyl groups is 1. The second kappa shape index (κ2) is 8.63. The zero-order valence-electron chi connectivity index (χ0n) is 22.5. The normalized spacial score (nSPS) is 11.9. The van der Waals surface area contributed by atoms with Crippen molar-refractivity contribution < 1.29 is 5.11 Å². The van der Waals surface area contributed by atoms with Crippen LogP contribution in [-0.4, -0.2) is 19.6 Å². The molecule has 3 heterocycles. The summed E-state index contributed by atoms with van der Waals surface area (Å²) in [5, 5.41) is 20.9. The van der Waals surface area contributed by atoms with Crippen molar-refractivity contribution in [1.29, 1.82) is 0 Å². The second-order valence-corrected chi connectivity index (χ2v) is 10.8. The quantitative estimate of drug-likeness (QED) is 0.223. The Kier molecular flexibility index (Phi) is 4.73. The number of nitrogens with zero attached hydrogens (tertiary/aromatic N) is 3. The number of fused-ring (bicyclic) bond motifs is 11. The van der Waals surface area contributed by atoms with Crippen molar-refractivity contribution in [2.24, 2.45) is 0 Å². The lowest BCUT2D eigenvalue weighted by Crippen LogP contribution is -1.96. The van der Waals surface area contributed by atoms with Crippen LogP contribution in [0, 0.1) is 0 Å². The van der Waals surface area contributed by atoms with Gasteiger partial charge in [-0.15, -0.1) is 0 Å². The van der Waals surface area contributed by atoms with E-state index in [1.165, 1.54) is 16.2 Å². The molecule has 9 aromatic rings. The molecule has 0 saturated carbocycles. The van der Waals surface area contributed by atoms with E-state index >= 15 is 0 Å². The van der Waals surface area contributed by atoms with Crippen molar-refractivity contribution in [2.75, 3.05) is 0 Å². The first-order chi connectivity index (χ1) is 20.8. The van der Waals surface area contributed by atoms with Crippen LogP contribution in [0.2, 0.25) is 0 Å². The van der Waals surface area contributed by atoms with Crippen LogP contribution in [0.15, 0.2) is 134 Å². The number of phenolic OH excluding ortho intramolecular Hbond substituents is 1. The van der Waals surface area contributed by atoms with Crippen molar-refractivity contribution in [3.63, 3.8) is 0 Å². The van der Waals surface area contributed by atoms with Crippen LogP contribution >= 0.6 is 0 Å². The molecule has 0 fully saturated rings. The zero-order chi connectivity index (χ0) is 27.8. The largest absolute Gasteiger partial charge is 0.507 e. The molecule has 1 N–H and O–H groups in total. The van der Waals surface area contributed by atoms with Crippen LogP contribution in [0.4, 0.5) is 0 Å². The first-order valence-corrected chi connectivity index (χ1v) is 14.1. The molecule has 0 aliphatic carbocycles. The summed E-state index contributed by atoms with van der Waals surface area (Å²) in [6.45, 7) is 0. The van der Waals surface area contributed by atoms with Crippen molar-refractivity contribution >= 4 is 65.2 Å². The standard InChI is InChI=1S/C38H23N3O/c42-35-16-8-6-13-30(35)33-20-19-29-27-12-4-3-11-26(27)28-18-17-24(21-32(28)37(29)40-33)41-34-15-7-5-14-31(34)36-25-10-2-1-9-23(25)22-39-38(36)41/h1-22,42H. The molecule has 0 radical (unpaired) electrons. The topological polar surface area (TPSA) is 50.9 Å². The van der Waals surface area contributed by atoms with Gasteiger partial charge >= 0.3 is 0 Å². The maximum absolute atomic E-state index is 10.6. The first kappa shape index (κ1) is 23.0. The fourth-order valence-corrected chi connectivity index (χ4v) is 6.62. The van der Waals surface area contributed by atoms with Crippen molar-refractivity contribution in [2.45, 2.75) is 0 Å². The third-order valence-corrected chi connectivity index (χ3v) is 8.50. The second-order valence-electron chi connectivity index (χ2n) is 10.8. The summed E-state index contributed by atoms with van der Waals surface area (Å²) in [5.41, 5.74) is 5.45. The van der Waals surface area contributed by atoms with E-state index in [4.69, 9.17) is 9.97 Å². The molecule has 0 spiro atoms. The van der Waals surface area contributed by atoms with Gasteiger partial charge in [0, 0.05) is 44.4 Å². The minimum Gasteiger partial charge on any atom is -0.507 e. The van der Waals surface area contributed by atoms with Crippen molar-refractivity contribution in [3.8, 4) is 22.7 Å². The molecule has 9 rings (SSSR count). The SMILES string of the molecule is Oc1ccccc1-c1ccc2c3ccccc3c3ccc(-n4c5ccccc5c5c6ccccc6cnc54)cc3c2n1. The molecule has 3 aromatic heterocycles. The minimum absolute atomic E-state index is 0.221. The van der Waals surface area contributed by atoms with Gasteiger partial charge in [0.2, 0.25) is 0 Å². The lowest BCUT2D eigenvalue weighted by Gasteiger charge is -2.14. The van der Waals surface area contributed by atoms with Crippen LogP contribution in [0.1, 0.15) is 0 Å². The van der Waals surface area contributed by atoms with Gasteiger partial charge in [0.05, 0.1) is 16.7 Å². The summed E-state index contributed by atoms with van der Waals surface area (Å²) in [5.74, 6) is 0.221. The maximum atomic E-state index is 10.6. The van der Waals surface area contributed by atoms with Crippen molar-refractivity contribution in [1.82, 2.24) is 14.5 Å². The Labute approximate surface area is 240 Å². The molecular formula is C38H23N3O. The van der Waals surface area contributed by atoms with Crippen LogP contribution in [0.3, 0.4) is 0 Å². The van der Waals surface area contributed by atoms with E-state index in [2.05, 4.69) is 102 Å². The summed E-state index contributed by atoms with van der Waals surface area (Å²) in [6.07, 6.45) is 1.97. The van der Waals surface area contributed by atoms with E-state index in [0.717, 1.165) is 65.9 Å². The Morgan fingerprint density at radius 3 is 2.07 bits per heavy atom. The number of phenols is 1. The first-order valence-electron chi connectivity index (χ1n) is 14.1. The highest BCUT2D eigenvalue weighted by Gasteiger charge is 2.18. The van der Waals surface area contributed by atoms with Gasteiger partial charge in [-0.25, -0.2) is 9.97 Å². The van der Waals surface area contributed by atoms with Gasteiger partial charge in [-0.1, -0.05) is 84.9 Å². The highest BCUT2D eigenvalue weighted by Crippen LogP contribution is 2.40. The van der Waals surface area contributed by atoms with E-state index in [0.29, 0.717) is 0 Å². The van der Waals surface area contributed by atoms with Gasteiger partial charge in [0.25, 0.3) is 0 Å². The summed E-state index contributed by atoms with van der Waals surface area (Å²) in [7, 11) is 0. The number of pyridine rings is 2. The number of benzene rings is 6. The van der Waals surface area contributed by atoms with Gasteiger partial charge in [-0.2, -0.15) is 0 Å². The average molecular weight is 538 g/mol. The number of aromatic nitrogens is 3. The molecule has 0 aliphatic heterocycles. The lowest BCUT2D eigenvalue weighted by molar-refractivity contribution is 0.477. The molecule has 6 aromatic carbocycles. The van der Waals surface area contributed by atoms with Crippen LogP contribution in [0.5, 0.6) is 5.75 Å². The molecule has 0 atom stereocenters. The highest BCUT2D eigenvalue weighted by molar-refractivity contribution is 6.25. The highest BCUT2D eigenvalue weighted by atomic mass is 16.3. The molecule has 0 aliphatic rings. The predicted molar refractivity (Wildman–Crippen MR) is 173 cm³/mol. The van der Waals surface area contributed by atoms with Gasteiger partial charge < -0.3 is 5.11 Å². The number of para-hydroxylation sites is 2. The Balaban J connectivity index is 1.41. The number of hydrogen-bond donors (Lipinski definition) is 1. The molecule has 0 bridgehead atoms. The molecule has 42 heavy (non-hydrogen) atoms. The van der Waals surface area contributed by atoms with E-state index in [1.54, 1.807) is 6.07 Å². The van der Waals surface area contributed by atoms with E-state index < -0.39 is 0 Å². The molecule has 0 unspecified atom stereocenters. The van der Waals surface area contributed by atoms with E-state index in [9.17, 15) is 5.11 Å². The monoisotopic (exact) mass is 537 g/mol. The van der Waals surface area contributed by atoms with Crippen LogP contribution in [0.25, 0.3) is 82.1 Å². The Morgan fingerprint density at radius 2 is 1.21 bits per heavy atom. The molecule has 4 heteroatoms. The Hall–Kier alpha value is -5.74. The van der Waals surface area contributed by atoms with Gasteiger partial charge in [-0.05, 0) is 64.0 Å². The van der Waals surface area contributed by atoms with E-state index in [1.807, 2.05) is 30.5 Å². The third kappa shape index (κ3) is 3.17. The van der Waals surface area contributed by atoms with Crippen LogP contribution < -0.4 is 0 Å². The molecular weight excluding hydrogens is 514 g/mol. The number of rotatable bonds is 2. The fourth-order valence-electron chi connectivity index (χ4n) is 6.62. The lowest BCUT2D eigenvalue weighted by atomic mass is 9.96. The summed E-state index contributed by atoms with van der Waals surface area (Å²) >= 11 is 0. The maximum Gasteiger partial charge on any atom is 0.146 e. The summed E-state index contributed by atoms with van der Waals surface area (Å²) < 4.78 is 2.27. The smallest absolute Gasteiger partial charge is 0.146 e. The molecule has 0 saturated heterocycles. The minimum atomic E-state index is 0.221. The molecule has 196 valence electrons. The zero-order valence-corrected chi connectivity index (χ0v) is 22.5. The molecule has 4 nitrogen and oxygen atoms in total. The average Bonchev–Trinajstić information content (AvgIpc) is 3.39. The van der Waals surface area contributed by atoms with Crippen LogP contribution in [-0.2, 0) is 0 Å². The number of hydrogen-bond acceptors (Lipinski definition) is 3. The Bertz CT molecular complexity index is 2540. The predicted octanol–water partition coefficient (Wildman–Crippen LogP) is 9.56. The van der Waals surface area contributed by atoms with Gasteiger partial charge in [-0.3, -0.25) is 4.57 Å².